The molecule has 1 aliphatic carbocycles. The summed E-state index contributed by atoms with van der Waals surface area (Å²) in [6.07, 6.45) is 10.4. The number of aliphatic hydroxyl groups excluding tert-OH is 1. The number of para-hydroxylation sites is 1. The predicted molar refractivity (Wildman–Crippen MR) is 165 cm³/mol. The van der Waals surface area contributed by atoms with Gasteiger partial charge in [0.15, 0.2) is 0 Å². The molecule has 7 heteroatoms. The van der Waals surface area contributed by atoms with Crippen LogP contribution in [0, 0.1) is 5.92 Å². The van der Waals surface area contributed by atoms with Gasteiger partial charge in [-0.3, -0.25) is 19.7 Å². The van der Waals surface area contributed by atoms with Crippen LogP contribution in [0.4, 0.5) is 5.69 Å². The molecule has 0 fully saturated rings. The molecule has 7 nitrogen and oxygen atoms in total. The monoisotopic (exact) mass is 545 g/mol. The molecule has 0 radical (unpaired) electrons. The molecule has 3 heterocycles. The summed E-state index contributed by atoms with van der Waals surface area (Å²) in [4.78, 5) is 28.6. The van der Waals surface area contributed by atoms with E-state index in [9.17, 15) is 9.90 Å². The Kier molecular flexibility index (Phi) is 12.1. The number of hydrogen-bond acceptors (Lipinski definition) is 6. The summed E-state index contributed by atoms with van der Waals surface area (Å²) >= 11 is 0. The second-order valence-electron chi connectivity index (χ2n) is 10.0. The topological polar surface area (TPSA) is 72.3 Å². The standard InChI is InChI=1S/C29H35N5O2.2C2H6/c1-21-7-5-10-22(11-6-8-21)29(36)33-18-24-9-3-4-12-26(24)34(27(35)20-33)19-25-14-13-23(17-31-25)28-30-15-16-32(28)2;2*1-2/h3-5,8-10,12-14,17,22,29,36H,6-7,11,15-16,18-20H2,1-2H3;2*1-2H3/b10-5-,21-8-;;. The van der Waals surface area contributed by atoms with Crippen molar-refractivity contribution in [3.05, 3.63) is 83.2 Å². The molecule has 2 atom stereocenters. The highest BCUT2D eigenvalue weighted by Gasteiger charge is 2.32. The van der Waals surface area contributed by atoms with Crippen molar-refractivity contribution in [3.8, 4) is 0 Å². The number of carbonyl (C=O) groups is 1. The molecule has 1 amide bonds. The number of nitrogens with zero attached hydrogens (tertiary/aromatic N) is 5. The van der Waals surface area contributed by atoms with E-state index in [0.29, 0.717) is 13.1 Å². The van der Waals surface area contributed by atoms with Crippen LogP contribution in [0.3, 0.4) is 0 Å². The summed E-state index contributed by atoms with van der Waals surface area (Å²) in [5, 5.41) is 11.3. The number of aliphatic imine (C=N–C) groups is 1. The summed E-state index contributed by atoms with van der Waals surface area (Å²) in [5.74, 6) is 0.922. The fraction of sp³-hybridized carbons (Fsp3) is 0.485. The zero-order valence-electron chi connectivity index (χ0n) is 25.2. The molecular formula is C33H47N5O2. The van der Waals surface area contributed by atoms with E-state index in [1.807, 2.05) is 87.1 Å². The SMILES string of the molecule is C/C1=C/CCC(C(O)N2CC(=O)N(Cc3ccc(C4=NCCN4C)cn3)c3ccccc3C2)/C=C\C1.CC.CC. The van der Waals surface area contributed by atoms with Gasteiger partial charge in [0.2, 0.25) is 5.91 Å². The molecule has 0 saturated carbocycles. The Morgan fingerprint density at radius 3 is 2.55 bits per heavy atom. The molecule has 2 aliphatic heterocycles. The Balaban J connectivity index is 0.00000106. The van der Waals surface area contributed by atoms with E-state index in [1.165, 1.54) is 5.57 Å². The lowest BCUT2D eigenvalue weighted by atomic mass is 9.95. The highest BCUT2D eigenvalue weighted by atomic mass is 16.3. The number of allylic oxidation sites excluding steroid dienone is 3. The number of pyridine rings is 1. The molecule has 0 bridgehead atoms. The predicted octanol–water partition coefficient (Wildman–Crippen LogP) is 5.80. The average Bonchev–Trinajstić information content (AvgIpc) is 3.35. The van der Waals surface area contributed by atoms with Gasteiger partial charge in [-0.15, -0.1) is 0 Å². The summed E-state index contributed by atoms with van der Waals surface area (Å²) in [7, 11) is 2.04. The summed E-state index contributed by atoms with van der Waals surface area (Å²) in [5.41, 5.74) is 5.09. The van der Waals surface area contributed by atoms with E-state index in [0.717, 1.165) is 60.7 Å². The van der Waals surface area contributed by atoms with Gasteiger partial charge in [0, 0.05) is 43.5 Å². The summed E-state index contributed by atoms with van der Waals surface area (Å²) < 4.78 is 0. The number of hydrogen-bond donors (Lipinski definition) is 1. The smallest absolute Gasteiger partial charge is 0.241 e. The number of anilines is 1. The minimum Gasteiger partial charge on any atom is -0.378 e. The largest absolute Gasteiger partial charge is 0.378 e. The molecule has 2 aromatic rings. The van der Waals surface area contributed by atoms with Crippen LogP contribution in [0.25, 0.3) is 0 Å². The minimum atomic E-state index is -0.716. The molecular weight excluding hydrogens is 498 g/mol. The number of fused-ring (bicyclic) bond motifs is 1. The molecule has 0 saturated heterocycles. The first-order valence-corrected chi connectivity index (χ1v) is 14.8. The van der Waals surface area contributed by atoms with Crippen molar-refractivity contribution >= 4 is 17.4 Å². The van der Waals surface area contributed by atoms with Gasteiger partial charge in [-0.1, -0.05) is 69.7 Å². The molecule has 3 aliphatic rings. The van der Waals surface area contributed by atoms with Gasteiger partial charge in [0.25, 0.3) is 0 Å². The molecule has 1 aromatic heterocycles. The molecule has 2 unspecified atom stereocenters. The highest BCUT2D eigenvalue weighted by Crippen LogP contribution is 2.30. The Labute approximate surface area is 240 Å². The Bertz CT molecular complexity index is 1190. The Morgan fingerprint density at radius 2 is 1.85 bits per heavy atom. The summed E-state index contributed by atoms with van der Waals surface area (Å²) in [6.45, 7) is 12.9. The molecule has 40 heavy (non-hydrogen) atoms. The number of carbonyl (C=O) groups excluding carboxylic acids is 1. The number of aromatic nitrogens is 1. The normalized spacial score (nSPS) is 22.1. The van der Waals surface area contributed by atoms with Crippen molar-refractivity contribution in [3.63, 3.8) is 0 Å². The van der Waals surface area contributed by atoms with Crippen LogP contribution in [0.2, 0.25) is 0 Å². The molecule has 216 valence electrons. The quantitative estimate of drug-likeness (QED) is 0.481. The number of likely N-dealkylation sites (N-methyl/N-ethyl adjacent to an activating group) is 1. The fourth-order valence-electron chi connectivity index (χ4n) is 5.24. The average molecular weight is 546 g/mol. The second-order valence-corrected chi connectivity index (χ2v) is 10.0. The second kappa shape index (κ2) is 15.5. The van der Waals surface area contributed by atoms with Crippen molar-refractivity contribution in [1.82, 2.24) is 14.8 Å². The zero-order chi connectivity index (χ0) is 29.1. The van der Waals surface area contributed by atoms with Crippen LogP contribution in [-0.4, -0.2) is 64.5 Å². The van der Waals surface area contributed by atoms with E-state index in [4.69, 9.17) is 0 Å². The van der Waals surface area contributed by atoms with Crippen LogP contribution in [-0.2, 0) is 17.9 Å². The van der Waals surface area contributed by atoms with Gasteiger partial charge in [0.1, 0.15) is 12.1 Å². The van der Waals surface area contributed by atoms with E-state index < -0.39 is 6.23 Å². The van der Waals surface area contributed by atoms with Crippen molar-refractivity contribution in [2.24, 2.45) is 10.9 Å². The van der Waals surface area contributed by atoms with E-state index in [1.54, 1.807) is 0 Å². The maximum Gasteiger partial charge on any atom is 0.241 e. The van der Waals surface area contributed by atoms with Gasteiger partial charge in [-0.05, 0) is 49.9 Å². The van der Waals surface area contributed by atoms with Crippen molar-refractivity contribution in [2.75, 3.05) is 31.6 Å². The Hall–Kier alpha value is -3.29. The van der Waals surface area contributed by atoms with Crippen LogP contribution >= 0.6 is 0 Å². The first kappa shape index (κ1) is 31.2. The summed E-state index contributed by atoms with van der Waals surface area (Å²) in [6, 6.07) is 12.0. The molecule has 1 N–H and O–H groups in total. The van der Waals surface area contributed by atoms with Crippen LogP contribution in [0.5, 0.6) is 0 Å². The van der Waals surface area contributed by atoms with Crippen molar-refractivity contribution in [1.29, 1.82) is 0 Å². The maximum absolute atomic E-state index is 13.6. The zero-order valence-corrected chi connectivity index (χ0v) is 25.2. The Morgan fingerprint density at radius 1 is 1.07 bits per heavy atom. The van der Waals surface area contributed by atoms with Crippen LogP contribution < -0.4 is 4.90 Å². The lowest BCUT2D eigenvalue weighted by Gasteiger charge is -2.31. The third-order valence-electron chi connectivity index (χ3n) is 7.33. The first-order valence-electron chi connectivity index (χ1n) is 14.8. The molecule has 0 spiro atoms. The van der Waals surface area contributed by atoms with Gasteiger partial charge in [-0.25, -0.2) is 0 Å². The van der Waals surface area contributed by atoms with Gasteiger partial charge >= 0.3 is 0 Å². The van der Waals surface area contributed by atoms with Gasteiger partial charge in [0.05, 0.1) is 25.3 Å². The third-order valence-corrected chi connectivity index (χ3v) is 7.33. The van der Waals surface area contributed by atoms with Crippen LogP contribution in [0.1, 0.15) is 70.7 Å². The maximum atomic E-state index is 13.6. The number of amides is 1. The lowest BCUT2D eigenvalue weighted by molar-refractivity contribution is -0.124. The van der Waals surface area contributed by atoms with Crippen molar-refractivity contribution in [2.45, 2.75) is 73.2 Å². The van der Waals surface area contributed by atoms with E-state index >= 15 is 0 Å². The van der Waals surface area contributed by atoms with Crippen LogP contribution in [0.15, 0.2) is 71.4 Å². The van der Waals surface area contributed by atoms with Gasteiger partial charge in [-0.2, -0.15) is 0 Å². The first-order chi connectivity index (χ1) is 19.5. The van der Waals surface area contributed by atoms with Gasteiger partial charge < -0.3 is 14.9 Å². The number of rotatable bonds is 5. The molecule has 1 aromatic carbocycles. The van der Waals surface area contributed by atoms with Crippen molar-refractivity contribution < 1.29 is 9.90 Å². The lowest BCUT2D eigenvalue weighted by Crippen LogP contribution is -2.44. The highest BCUT2D eigenvalue weighted by molar-refractivity contribution is 5.99. The molecule has 5 rings (SSSR count). The number of aliphatic hydroxyl groups is 1. The minimum absolute atomic E-state index is 0.00768. The van der Waals surface area contributed by atoms with E-state index in [2.05, 4.69) is 40.0 Å². The van der Waals surface area contributed by atoms with E-state index in [-0.39, 0.29) is 18.4 Å². The number of benzene rings is 1. The fourth-order valence-corrected chi connectivity index (χ4v) is 5.24. The third kappa shape index (κ3) is 7.67. The number of amidine groups is 1.